The van der Waals surface area contributed by atoms with Gasteiger partial charge in [0.1, 0.15) is 0 Å². The number of likely N-dealkylation sites (tertiary alicyclic amines) is 1. The van der Waals surface area contributed by atoms with Gasteiger partial charge in [-0.1, -0.05) is 43.3 Å². The molecule has 0 radical (unpaired) electrons. The first-order valence-electron chi connectivity index (χ1n) is 10.3. The van der Waals surface area contributed by atoms with E-state index < -0.39 is 0 Å². The third-order valence-electron chi connectivity index (χ3n) is 5.41. The average molecular weight is 393 g/mol. The summed E-state index contributed by atoms with van der Waals surface area (Å²) < 4.78 is 10.6. The number of Topliss-reactive ketones (excluding diaryl/α,β-unsaturated/α-hetero) is 1. The predicted molar refractivity (Wildman–Crippen MR) is 109 cm³/mol. The number of ketones is 1. The minimum atomic E-state index is 0.0866. The molecule has 0 N–H and O–H groups in total. The zero-order valence-corrected chi connectivity index (χ0v) is 17.0. The molecule has 1 saturated heterocycles. The molecule has 2 aromatic heterocycles. The SMILES string of the molecule is CC(C)Cc1ccc(C(=O)C2CCN(Cc3nc(-c4ccco4)no3)CC2)cc1. The highest BCUT2D eigenvalue weighted by Gasteiger charge is 2.27. The molecule has 4 rings (SSSR count). The molecule has 3 aromatic rings. The summed E-state index contributed by atoms with van der Waals surface area (Å²) in [6.07, 6.45) is 4.34. The van der Waals surface area contributed by atoms with E-state index in [-0.39, 0.29) is 11.7 Å². The molecule has 1 aliphatic heterocycles. The highest BCUT2D eigenvalue weighted by molar-refractivity contribution is 5.97. The fourth-order valence-electron chi connectivity index (χ4n) is 3.88. The van der Waals surface area contributed by atoms with Crippen molar-refractivity contribution in [1.29, 1.82) is 0 Å². The Morgan fingerprint density at radius 1 is 1.17 bits per heavy atom. The van der Waals surface area contributed by atoms with Gasteiger partial charge < -0.3 is 8.94 Å². The molecule has 6 nitrogen and oxygen atoms in total. The second-order valence-electron chi connectivity index (χ2n) is 8.20. The molecule has 3 heterocycles. The maximum atomic E-state index is 12.9. The molecule has 29 heavy (non-hydrogen) atoms. The zero-order valence-electron chi connectivity index (χ0n) is 17.0. The highest BCUT2D eigenvalue weighted by Crippen LogP contribution is 2.24. The maximum absolute atomic E-state index is 12.9. The van der Waals surface area contributed by atoms with E-state index in [0.717, 1.165) is 37.9 Å². The van der Waals surface area contributed by atoms with Gasteiger partial charge in [0.15, 0.2) is 11.5 Å². The molecule has 0 atom stereocenters. The van der Waals surface area contributed by atoms with E-state index in [1.165, 1.54) is 5.56 Å². The first-order chi connectivity index (χ1) is 14.1. The number of aromatic nitrogens is 2. The third-order valence-corrected chi connectivity index (χ3v) is 5.41. The Kier molecular flexibility index (Phi) is 5.90. The van der Waals surface area contributed by atoms with Crippen LogP contribution in [-0.4, -0.2) is 33.9 Å². The minimum absolute atomic E-state index is 0.0866. The Balaban J connectivity index is 1.29. The number of hydrogen-bond acceptors (Lipinski definition) is 6. The lowest BCUT2D eigenvalue weighted by molar-refractivity contribution is 0.0825. The van der Waals surface area contributed by atoms with Crippen molar-refractivity contribution in [3.63, 3.8) is 0 Å². The Labute approximate surface area is 170 Å². The van der Waals surface area contributed by atoms with Crippen molar-refractivity contribution in [1.82, 2.24) is 15.0 Å². The summed E-state index contributed by atoms with van der Waals surface area (Å²) in [6.45, 7) is 6.71. The second-order valence-corrected chi connectivity index (χ2v) is 8.20. The van der Waals surface area contributed by atoms with Crippen LogP contribution in [0.4, 0.5) is 0 Å². The van der Waals surface area contributed by atoms with Gasteiger partial charge in [0.2, 0.25) is 11.7 Å². The molecule has 0 bridgehead atoms. The summed E-state index contributed by atoms with van der Waals surface area (Å²) >= 11 is 0. The van der Waals surface area contributed by atoms with Crippen LogP contribution >= 0.6 is 0 Å². The molecule has 0 spiro atoms. The first kappa shape index (κ1) is 19.6. The molecule has 152 valence electrons. The normalized spacial score (nSPS) is 15.8. The van der Waals surface area contributed by atoms with E-state index in [1.54, 1.807) is 18.4 Å². The molecule has 6 heteroatoms. The van der Waals surface area contributed by atoms with Gasteiger partial charge in [-0.15, -0.1) is 0 Å². The fraction of sp³-hybridized carbons (Fsp3) is 0.435. The minimum Gasteiger partial charge on any atom is -0.461 e. The van der Waals surface area contributed by atoms with Gasteiger partial charge in [-0.2, -0.15) is 4.98 Å². The van der Waals surface area contributed by atoms with Crippen LogP contribution in [-0.2, 0) is 13.0 Å². The van der Waals surface area contributed by atoms with Crippen molar-refractivity contribution in [2.45, 2.75) is 39.7 Å². The van der Waals surface area contributed by atoms with Gasteiger partial charge in [0, 0.05) is 11.5 Å². The van der Waals surface area contributed by atoms with Crippen LogP contribution in [0.3, 0.4) is 0 Å². The summed E-state index contributed by atoms with van der Waals surface area (Å²) in [5, 5.41) is 3.97. The molecular formula is C23H27N3O3. The van der Waals surface area contributed by atoms with Crippen LogP contribution in [0.25, 0.3) is 11.6 Å². The lowest BCUT2D eigenvalue weighted by Gasteiger charge is -2.30. The van der Waals surface area contributed by atoms with Crippen LogP contribution < -0.4 is 0 Å². The number of nitrogens with zero attached hydrogens (tertiary/aromatic N) is 3. The zero-order chi connectivity index (χ0) is 20.2. The van der Waals surface area contributed by atoms with Gasteiger partial charge in [-0.05, 0) is 56.0 Å². The monoisotopic (exact) mass is 393 g/mol. The molecule has 1 aromatic carbocycles. The maximum Gasteiger partial charge on any atom is 0.241 e. The van der Waals surface area contributed by atoms with Crippen LogP contribution in [0.5, 0.6) is 0 Å². The van der Waals surface area contributed by atoms with Crippen molar-refractivity contribution < 1.29 is 13.7 Å². The number of carbonyl (C=O) groups excluding carboxylic acids is 1. The van der Waals surface area contributed by atoms with E-state index >= 15 is 0 Å². The predicted octanol–water partition coefficient (Wildman–Crippen LogP) is 4.62. The van der Waals surface area contributed by atoms with Crippen LogP contribution in [0.2, 0.25) is 0 Å². The van der Waals surface area contributed by atoms with E-state index in [0.29, 0.717) is 29.9 Å². The Hall–Kier alpha value is -2.73. The van der Waals surface area contributed by atoms with Crippen LogP contribution in [0, 0.1) is 11.8 Å². The van der Waals surface area contributed by atoms with Gasteiger partial charge in [0.25, 0.3) is 0 Å². The van der Waals surface area contributed by atoms with Gasteiger partial charge in [-0.3, -0.25) is 9.69 Å². The first-order valence-corrected chi connectivity index (χ1v) is 10.3. The number of piperidine rings is 1. The van der Waals surface area contributed by atoms with Crippen molar-refractivity contribution in [2.24, 2.45) is 11.8 Å². The Morgan fingerprint density at radius 3 is 2.59 bits per heavy atom. The molecular weight excluding hydrogens is 366 g/mol. The van der Waals surface area contributed by atoms with Crippen molar-refractivity contribution in [3.8, 4) is 11.6 Å². The summed E-state index contributed by atoms with van der Waals surface area (Å²) in [7, 11) is 0. The standard InChI is InChI=1S/C23H27N3O3/c1-16(2)14-17-5-7-18(8-6-17)22(27)19-9-11-26(12-10-19)15-21-24-23(25-29-21)20-4-3-13-28-20/h3-8,13,16,19H,9-12,14-15H2,1-2H3. The third kappa shape index (κ3) is 4.82. The Bertz CT molecular complexity index is 921. The molecule has 0 amide bonds. The smallest absolute Gasteiger partial charge is 0.241 e. The van der Waals surface area contributed by atoms with E-state index in [2.05, 4.69) is 41.0 Å². The summed E-state index contributed by atoms with van der Waals surface area (Å²) in [5.74, 6) is 2.61. The summed E-state index contributed by atoms with van der Waals surface area (Å²) in [4.78, 5) is 19.5. The van der Waals surface area contributed by atoms with Gasteiger partial charge in [-0.25, -0.2) is 0 Å². The van der Waals surface area contributed by atoms with Crippen molar-refractivity contribution in [3.05, 3.63) is 59.7 Å². The molecule has 1 aliphatic rings. The Morgan fingerprint density at radius 2 is 1.93 bits per heavy atom. The highest BCUT2D eigenvalue weighted by atomic mass is 16.5. The quantitative estimate of drug-likeness (QED) is 0.545. The topological polar surface area (TPSA) is 72.4 Å². The van der Waals surface area contributed by atoms with Crippen LogP contribution in [0.1, 0.15) is 48.5 Å². The fourth-order valence-corrected chi connectivity index (χ4v) is 3.88. The van der Waals surface area contributed by atoms with Crippen molar-refractivity contribution in [2.75, 3.05) is 13.1 Å². The van der Waals surface area contributed by atoms with E-state index in [4.69, 9.17) is 8.94 Å². The number of hydrogen-bond donors (Lipinski definition) is 0. The van der Waals surface area contributed by atoms with Gasteiger partial charge >= 0.3 is 0 Å². The lowest BCUT2D eigenvalue weighted by Crippen LogP contribution is -2.36. The number of furan rings is 1. The molecule has 0 aliphatic carbocycles. The number of carbonyl (C=O) groups is 1. The van der Waals surface area contributed by atoms with E-state index in [1.807, 2.05) is 12.1 Å². The summed E-state index contributed by atoms with van der Waals surface area (Å²) in [6, 6.07) is 11.8. The average Bonchev–Trinajstić information content (AvgIpc) is 3.40. The molecule has 1 fully saturated rings. The van der Waals surface area contributed by atoms with Gasteiger partial charge in [0.05, 0.1) is 12.8 Å². The molecule has 0 saturated carbocycles. The van der Waals surface area contributed by atoms with Crippen LogP contribution in [0.15, 0.2) is 51.6 Å². The van der Waals surface area contributed by atoms with Crippen molar-refractivity contribution >= 4 is 5.78 Å². The van der Waals surface area contributed by atoms with E-state index in [9.17, 15) is 4.79 Å². The largest absolute Gasteiger partial charge is 0.461 e. The lowest BCUT2D eigenvalue weighted by atomic mass is 9.88. The number of benzene rings is 1. The second kappa shape index (κ2) is 8.74. The molecule has 0 unspecified atom stereocenters. The number of rotatable bonds is 7. The summed E-state index contributed by atoms with van der Waals surface area (Å²) in [5.41, 5.74) is 2.12.